The third kappa shape index (κ3) is 2.18. The number of halogens is 1. The lowest BCUT2D eigenvalue weighted by Crippen LogP contribution is -2.47. The molecule has 1 aromatic carbocycles. The third-order valence-corrected chi connectivity index (χ3v) is 4.64. The first kappa shape index (κ1) is 13.0. The topological polar surface area (TPSA) is 55.8 Å². The van der Waals surface area contributed by atoms with Crippen LogP contribution in [0.25, 0.3) is 0 Å². The molecule has 6 heteroatoms. The number of hydrogen-bond acceptors (Lipinski definition) is 4. The van der Waals surface area contributed by atoms with Crippen LogP contribution in [0.2, 0.25) is 0 Å². The number of carbonyl (C=O) groups is 1. The maximum atomic E-state index is 14.3. The molecular weight excluding hydrogens is 273 g/mol. The highest BCUT2D eigenvalue weighted by atomic mass is 19.1. The lowest BCUT2D eigenvalue weighted by molar-refractivity contribution is -0.123. The summed E-state index contributed by atoms with van der Waals surface area (Å²) in [6, 6.07) is 3.66. The van der Waals surface area contributed by atoms with Gasteiger partial charge in [0, 0.05) is 43.5 Å². The van der Waals surface area contributed by atoms with Crippen LogP contribution in [0.3, 0.4) is 0 Å². The van der Waals surface area contributed by atoms with Gasteiger partial charge in [-0.3, -0.25) is 9.69 Å². The number of fused-ring (bicyclic) bond motifs is 1. The van der Waals surface area contributed by atoms with Crippen molar-refractivity contribution in [3.63, 3.8) is 0 Å². The molecule has 3 aliphatic rings. The molecule has 0 radical (unpaired) electrons. The number of rotatable bonds is 2. The number of benzene rings is 1. The first-order chi connectivity index (χ1) is 10.1. The zero-order valence-corrected chi connectivity index (χ0v) is 11.7. The van der Waals surface area contributed by atoms with Crippen molar-refractivity contribution in [2.45, 2.75) is 25.0 Å². The van der Waals surface area contributed by atoms with Gasteiger partial charge in [0.15, 0.2) is 6.10 Å². The molecule has 0 bridgehead atoms. The van der Waals surface area contributed by atoms with Crippen LogP contribution in [0.15, 0.2) is 12.1 Å². The molecule has 0 aromatic heterocycles. The minimum absolute atomic E-state index is 0.331. The zero-order chi connectivity index (χ0) is 14.6. The van der Waals surface area contributed by atoms with E-state index in [1.807, 2.05) is 4.90 Å². The Balaban J connectivity index is 1.56. The number of aliphatic hydroxyl groups excluding tert-OH is 1. The standard InChI is InChI=1S/C15H18FN3O2/c16-11-7-10-12(17-15(21)14(10)20)8-13(11)19-5-3-18(4-6-19)9-1-2-9/h7-9,14,20H,1-6H2,(H,17,21). The molecule has 112 valence electrons. The molecule has 5 nitrogen and oxygen atoms in total. The molecule has 1 atom stereocenters. The van der Waals surface area contributed by atoms with Crippen LogP contribution < -0.4 is 10.2 Å². The molecule has 4 rings (SSSR count). The number of hydrogen-bond donors (Lipinski definition) is 2. The number of nitrogens with one attached hydrogen (secondary N) is 1. The zero-order valence-electron chi connectivity index (χ0n) is 11.7. The van der Waals surface area contributed by atoms with Gasteiger partial charge in [0.2, 0.25) is 0 Å². The molecule has 2 N–H and O–H groups in total. The molecule has 1 unspecified atom stereocenters. The molecule has 1 amide bonds. The fourth-order valence-electron chi connectivity index (χ4n) is 3.26. The number of carbonyl (C=O) groups excluding carboxylic acids is 1. The van der Waals surface area contributed by atoms with Crippen molar-refractivity contribution in [2.75, 3.05) is 36.4 Å². The minimum Gasteiger partial charge on any atom is -0.378 e. The minimum atomic E-state index is -1.25. The van der Waals surface area contributed by atoms with Crippen LogP contribution in [-0.2, 0) is 4.79 Å². The van der Waals surface area contributed by atoms with Gasteiger partial charge in [0.05, 0.1) is 5.69 Å². The third-order valence-electron chi connectivity index (χ3n) is 4.64. The quantitative estimate of drug-likeness (QED) is 0.856. The van der Waals surface area contributed by atoms with E-state index in [0.717, 1.165) is 32.2 Å². The fraction of sp³-hybridized carbons (Fsp3) is 0.533. The average Bonchev–Trinajstić information content (AvgIpc) is 3.29. The van der Waals surface area contributed by atoms with Crippen LogP contribution in [0.4, 0.5) is 15.8 Å². The van der Waals surface area contributed by atoms with Gasteiger partial charge in [0.1, 0.15) is 5.82 Å². The molecule has 21 heavy (non-hydrogen) atoms. The summed E-state index contributed by atoms with van der Waals surface area (Å²) < 4.78 is 14.3. The Morgan fingerprint density at radius 2 is 1.90 bits per heavy atom. The van der Waals surface area contributed by atoms with Gasteiger partial charge in [-0.15, -0.1) is 0 Å². The van der Waals surface area contributed by atoms with Gasteiger partial charge in [-0.05, 0) is 25.0 Å². The van der Waals surface area contributed by atoms with Gasteiger partial charge < -0.3 is 15.3 Å². The van der Waals surface area contributed by atoms with Crippen molar-refractivity contribution >= 4 is 17.3 Å². The molecule has 1 aliphatic carbocycles. The summed E-state index contributed by atoms with van der Waals surface area (Å²) in [6.07, 6.45) is 1.32. The predicted molar refractivity (Wildman–Crippen MR) is 76.8 cm³/mol. The average molecular weight is 291 g/mol. The second-order valence-electron chi connectivity index (χ2n) is 6.04. The largest absolute Gasteiger partial charge is 0.378 e. The maximum absolute atomic E-state index is 14.3. The SMILES string of the molecule is O=C1Nc2cc(N3CCN(C4CC4)CC3)c(F)cc2C1O. The smallest absolute Gasteiger partial charge is 0.257 e. The number of amides is 1. The first-order valence-electron chi connectivity index (χ1n) is 7.45. The Morgan fingerprint density at radius 3 is 2.57 bits per heavy atom. The fourth-order valence-corrected chi connectivity index (χ4v) is 3.26. The van der Waals surface area contributed by atoms with E-state index in [9.17, 15) is 14.3 Å². The van der Waals surface area contributed by atoms with Gasteiger partial charge >= 0.3 is 0 Å². The summed E-state index contributed by atoms with van der Waals surface area (Å²) in [5.74, 6) is -0.857. The maximum Gasteiger partial charge on any atom is 0.257 e. The second-order valence-corrected chi connectivity index (χ2v) is 6.04. The van der Waals surface area contributed by atoms with E-state index in [-0.39, 0.29) is 5.82 Å². The van der Waals surface area contributed by atoms with Crippen molar-refractivity contribution in [1.82, 2.24) is 4.90 Å². The Bertz CT molecular complexity index is 595. The van der Waals surface area contributed by atoms with E-state index < -0.39 is 12.0 Å². The number of aliphatic hydroxyl groups is 1. The lowest BCUT2D eigenvalue weighted by atomic mass is 10.1. The van der Waals surface area contributed by atoms with E-state index >= 15 is 0 Å². The van der Waals surface area contributed by atoms with Gasteiger partial charge in [0.25, 0.3) is 5.91 Å². The molecule has 1 saturated carbocycles. The van der Waals surface area contributed by atoms with Crippen molar-refractivity contribution < 1.29 is 14.3 Å². The summed E-state index contributed by atoms with van der Waals surface area (Å²) in [5.41, 5.74) is 1.37. The summed E-state index contributed by atoms with van der Waals surface area (Å²) >= 11 is 0. The molecule has 2 aliphatic heterocycles. The highest BCUT2D eigenvalue weighted by Crippen LogP contribution is 2.36. The molecular formula is C15H18FN3O2. The van der Waals surface area contributed by atoms with Crippen molar-refractivity contribution in [1.29, 1.82) is 0 Å². The van der Waals surface area contributed by atoms with Gasteiger partial charge in [-0.25, -0.2) is 4.39 Å². The summed E-state index contributed by atoms with van der Waals surface area (Å²) in [4.78, 5) is 15.9. The second kappa shape index (κ2) is 4.68. The van der Waals surface area contributed by atoms with E-state index in [2.05, 4.69) is 10.2 Å². The Kier molecular flexibility index (Phi) is 2.90. The number of anilines is 2. The number of piperazine rings is 1. The van der Waals surface area contributed by atoms with Crippen LogP contribution in [0.1, 0.15) is 24.5 Å². The van der Waals surface area contributed by atoms with E-state index in [4.69, 9.17) is 0 Å². The van der Waals surface area contributed by atoms with Crippen LogP contribution in [0.5, 0.6) is 0 Å². The Hall–Kier alpha value is -1.66. The molecule has 1 aromatic rings. The van der Waals surface area contributed by atoms with Crippen molar-refractivity contribution in [2.24, 2.45) is 0 Å². The molecule has 2 fully saturated rings. The first-order valence-corrected chi connectivity index (χ1v) is 7.45. The molecule has 0 spiro atoms. The van der Waals surface area contributed by atoms with Gasteiger partial charge in [-0.2, -0.15) is 0 Å². The van der Waals surface area contributed by atoms with Gasteiger partial charge in [-0.1, -0.05) is 0 Å². The predicted octanol–water partition coefficient (Wildman–Crippen LogP) is 1.10. The summed E-state index contributed by atoms with van der Waals surface area (Å²) in [7, 11) is 0. The highest BCUT2D eigenvalue weighted by molar-refractivity contribution is 6.02. The van der Waals surface area contributed by atoms with Crippen molar-refractivity contribution in [3.05, 3.63) is 23.5 Å². The van der Waals surface area contributed by atoms with Crippen LogP contribution in [0, 0.1) is 5.82 Å². The summed E-state index contributed by atoms with van der Waals surface area (Å²) in [6.45, 7) is 3.50. The van der Waals surface area contributed by atoms with Crippen LogP contribution >= 0.6 is 0 Å². The lowest BCUT2D eigenvalue weighted by Gasteiger charge is -2.36. The Labute approximate surface area is 122 Å². The molecule has 1 saturated heterocycles. The normalized spacial score (nSPS) is 25.9. The number of nitrogens with zero attached hydrogens (tertiary/aromatic N) is 2. The van der Waals surface area contributed by atoms with E-state index in [1.54, 1.807) is 6.07 Å². The van der Waals surface area contributed by atoms with Crippen LogP contribution in [-0.4, -0.2) is 48.1 Å². The Morgan fingerprint density at radius 1 is 1.19 bits per heavy atom. The monoisotopic (exact) mass is 291 g/mol. The van der Waals surface area contributed by atoms with E-state index in [1.165, 1.54) is 18.9 Å². The van der Waals surface area contributed by atoms with E-state index in [0.29, 0.717) is 16.9 Å². The highest BCUT2D eigenvalue weighted by Gasteiger charge is 2.33. The summed E-state index contributed by atoms with van der Waals surface area (Å²) in [5, 5.41) is 12.3. The van der Waals surface area contributed by atoms with Crippen molar-refractivity contribution in [3.8, 4) is 0 Å². The molecule has 2 heterocycles.